The van der Waals surface area contributed by atoms with Crippen LogP contribution in [0.4, 0.5) is 0 Å². The summed E-state index contributed by atoms with van der Waals surface area (Å²) in [5.74, 6) is 1.44. The molecule has 0 saturated carbocycles. The first-order chi connectivity index (χ1) is 8.41. The molecule has 0 aromatic carbocycles. The summed E-state index contributed by atoms with van der Waals surface area (Å²) in [5, 5.41) is 5.20. The van der Waals surface area contributed by atoms with Gasteiger partial charge in [-0.3, -0.25) is 4.68 Å². The fraction of sp³-hybridized carbons (Fsp3) is 0.769. The van der Waals surface area contributed by atoms with Gasteiger partial charge in [0, 0.05) is 24.2 Å². The maximum absolute atomic E-state index is 6.38. The Kier molecular flexibility index (Phi) is 5.82. The highest BCUT2D eigenvalue weighted by molar-refractivity contribution is 6.32. The molecular weight excluding hydrogens is 291 g/mol. The molecule has 0 aliphatic heterocycles. The van der Waals surface area contributed by atoms with E-state index in [1.54, 1.807) is 0 Å². The van der Waals surface area contributed by atoms with E-state index in [1.807, 2.05) is 11.7 Å². The normalized spacial score (nSPS) is 12.4. The molecule has 0 radical (unpaired) electrons. The van der Waals surface area contributed by atoms with Crippen molar-refractivity contribution in [2.45, 2.75) is 33.6 Å². The molecule has 0 spiro atoms. The highest BCUT2D eigenvalue weighted by Gasteiger charge is 2.34. The Morgan fingerprint density at radius 1 is 1.28 bits per heavy atom. The van der Waals surface area contributed by atoms with Crippen molar-refractivity contribution in [1.82, 2.24) is 9.78 Å². The number of nitrogens with zero attached hydrogens (tertiary/aromatic N) is 2. The van der Waals surface area contributed by atoms with Crippen LogP contribution in [0, 0.1) is 11.3 Å². The van der Waals surface area contributed by atoms with Gasteiger partial charge in [0.1, 0.15) is 0 Å². The number of aryl methyl sites for hydroxylation is 2. The molecule has 5 heteroatoms. The van der Waals surface area contributed by atoms with Gasteiger partial charge >= 0.3 is 0 Å². The third-order valence-corrected chi connectivity index (χ3v) is 5.28. The second-order valence-corrected chi connectivity index (χ2v) is 6.06. The van der Waals surface area contributed by atoms with Gasteiger partial charge in [0.25, 0.3) is 0 Å². The van der Waals surface area contributed by atoms with E-state index >= 15 is 0 Å². The summed E-state index contributed by atoms with van der Waals surface area (Å²) in [6.07, 6.45) is 1.60. The number of rotatable bonds is 6. The number of hydrogen-bond donors (Lipinski definition) is 0. The standard InChI is InChI=1S/C13H21Cl3N2/c1-5-10-12(16)11(18(4)17-10)6-13(7-14,8-15)9(2)3/h9H,5-8H2,1-4H3. The smallest absolute Gasteiger partial charge is 0.0849 e. The molecule has 2 nitrogen and oxygen atoms in total. The first-order valence-corrected chi connectivity index (χ1v) is 7.68. The maximum Gasteiger partial charge on any atom is 0.0849 e. The van der Waals surface area contributed by atoms with Gasteiger partial charge in [0.2, 0.25) is 0 Å². The monoisotopic (exact) mass is 310 g/mol. The van der Waals surface area contributed by atoms with Crippen molar-refractivity contribution in [3.8, 4) is 0 Å². The second-order valence-electron chi connectivity index (χ2n) is 5.15. The van der Waals surface area contributed by atoms with Crippen LogP contribution in [-0.4, -0.2) is 21.5 Å². The molecule has 1 aromatic heterocycles. The molecule has 0 aliphatic rings. The Hall–Kier alpha value is 0.0800. The molecule has 1 aromatic rings. The largest absolute Gasteiger partial charge is 0.271 e. The average Bonchev–Trinajstić information content (AvgIpc) is 2.62. The van der Waals surface area contributed by atoms with Crippen LogP contribution in [0.1, 0.15) is 32.2 Å². The van der Waals surface area contributed by atoms with Gasteiger partial charge in [0.15, 0.2) is 0 Å². The Bertz CT molecular complexity index is 395. The van der Waals surface area contributed by atoms with Crippen LogP contribution in [-0.2, 0) is 19.9 Å². The van der Waals surface area contributed by atoms with Crippen molar-refractivity contribution in [2.24, 2.45) is 18.4 Å². The molecule has 0 atom stereocenters. The number of halogens is 3. The Labute approximate surface area is 125 Å². The molecular formula is C13H21Cl3N2. The first kappa shape index (κ1) is 16.1. The van der Waals surface area contributed by atoms with E-state index in [9.17, 15) is 0 Å². The molecule has 0 N–H and O–H groups in total. The quantitative estimate of drug-likeness (QED) is 0.716. The van der Waals surface area contributed by atoms with Gasteiger partial charge in [0.05, 0.1) is 16.4 Å². The number of alkyl halides is 2. The molecule has 1 rings (SSSR count). The van der Waals surface area contributed by atoms with Crippen LogP contribution >= 0.6 is 34.8 Å². The molecule has 104 valence electrons. The highest BCUT2D eigenvalue weighted by atomic mass is 35.5. The van der Waals surface area contributed by atoms with Gasteiger partial charge < -0.3 is 0 Å². The average molecular weight is 312 g/mol. The summed E-state index contributed by atoms with van der Waals surface area (Å²) in [4.78, 5) is 0. The van der Waals surface area contributed by atoms with E-state index in [-0.39, 0.29) is 5.41 Å². The second kappa shape index (κ2) is 6.49. The first-order valence-electron chi connectivity index (χ1n) is 6.24. The van der Waals surface area contributed by atoms with Crippen molar-refractivity contribution < 1.29 is 0 Å². The predicted molar refractivity (Wildman–Crippen MR) is 80.0 cm³/mol. The molecule has 0 bridgehead atoms. The molecule has 0 aliphatic carbocycles. The summed E-state index contributed by atoms with van der Waals surface area (Å²) >= 11 is 18.7. The summed E-state index contributed by atoms with van der Waals surface area (Å²) < 4.78 is 1.86. The zero-order valence-corrected chi connectivity index (χ0v) is 13.7. The number of hydrogen-bond acceptors (Lipinski definition) is 1. The van der Waals surface area contributed by atoms with E-state index < -0.39 is 0 Å². The highest BCUT2D eigenvalue weighted by Crippen LogP contribution is 2.37. The summed E-state index contributed by atoms with van der Waals surface area (Å²) in [7, 11) is 1.92. The Morgan fingerprint density at radius 2 is 1.83 bits per heavy atom. The van der Waals surface area contributed by atoms with Gasteiger partial charge in [-0.05, 0) is 18.8 Å². The van der Waals surface area contributed by atoms with Crippen LogP contribution in [0.2, 0.25) is 5.02 Å². The van der Waals surface area contributed by atoms with E-state index in [0.717, 1.165) is 29.3 Å². The van der Waals surface area contributed by atoms with E-state index in [0.29, 0.717) is 17.7 Å². The Morgan fingerprint density at radius 3 is 2.17 bits per heavy atom. The minimum absolute atomic E-state index is 0.133. The van der Waals surface area contributed by atoms with Crippen molar-refractivity contribution in [2.75, 3.05) is 11.8 Å². The van der Waals surface area contributed by atoms with E-state index in [4.69, 9.17) is 34.8 Å². The fourth-order valence-electron chi connectivity index (χ4n) is 1.99. The van der Waals surface area contributed by atoms with Crippen LogP contribution in [0.3, 0.4) is 0 Å². The molecule has 0 amide bonds. The zero-order chi connectivity index (χ0) is 13.9. The third-order valence-electron chi connectivity index (χ3n) is 3.78. The molecule has 18 heavy (non-hydrogen) atoms. The lowest BCUT2D eigenvalue weighted by atomic mass is 9.77. The van der Waals surface area contributed by atoms with Crippen LogP contribution in [0.15, 0.2) is 0 Å². The van der Waals surface area contributed by atoms with Crippen LogP contribution in [0.5, 0.6) is 0 Å². The lowest BCUT2D eigenvalue weighted by molar-refractivity contribution is 0.253. The van der Waals surface area contributed by atoms with Crippen molar-refractivity contribution in [1.29, 1.82) is 0 Å². The van der Waals surface area contributed by atoms with Crippen molar-refractivity contribution in [3.63, 3.8) is 0 Å². The number of aromatic nitrogens is 2. The maximum atomic E-state index is 6.38. The third kappa shape index (κ3) is 2.97. The van der Waals surface area contributed by atoms with E-state index in [1.165, 1.54) is 0 Å². The van der Waals surface area contributed by atoms with Gasteiger partial charge in [-0.25, -0.2) is 0 Å². The Balaban J connectivity index is 3.12. The molecule has 0 unspecified atom stereocenters. The van der Waals surface area contributed by atoms with Crippen molar-refractivity contribution in [3.05, 3.63) is 16.4 Å². The van der Waals surface area contributed by atoms with Crippen LogP contribution in [0.25, 0.3) is 0 Å². The van der Waals surface area contributed by atoms with Gasteiger partial charge in [-0.1, -0.05) is 32.4 Å². The molecule has 0 fully saturated rings. The summed E-state index contributed by atoms with van der Waals surface area (Å²) in [6.45, 7) is 6.35. The summed E-state index contributed by atoms with van der Waals surface area (Å²) in [5.41, 5.74) is 1.84. The minimum atomic E-state index is -0.133. The zero-order valence-electron chi connectivity index (χ0n) is 11.4. The van der Waals surface area contributed by atoms with Crippen LogP contribution < -0.4 is 0 Å². The van der Waals surface area contributed by atoms with E-state index in [2.05, 4.69) is 25.9 Å². The fourth-order valence-corrected chi connectivity index (χ4v) is 3.44. The lowest BCUT2D eigenvalue weighted by Gasteiger charge is -2.34. The summed E-state index contributed by atoms with van der Waals surface area (Å²) in [6, 6.07) is 0. The SMILES string of the molecule is CCc1nn(C)c(CC(CCl)(CCl)C(C)C)c1Cl. The van der Waals surface area contributed by atoms with Crippen molar-refractivity contribution >= 4 is 34.8 Å². The lowest BCUT2D eigenvalue weighted by Crippen LogP contribution is -2.34. The topological polar surface area (TPSA) is 17.8 Å². The molecule has 1 heterocycles. The van der Waals surface area contributed by atoms with Gasteiger partial charge in [-0.15, -0.1) is 23.2 Å². The predicted octanol–water partition coefficient (Wildman–Crippen LogP) is 4.30. The molecule has 0 saturated heterocycles. The minimum Gasteiger partial charge on any atom is -0.271 e. The van der Waals surface area contributed by atoms with Gasteiger partial charge in [-0.2, -0.15) is 5.10 Å².